The molecule has 3 fully saturated rings. The van der Waals surface area contributed by atoms with Gasteiger partial charge in [0.05, 0.1) is 10.6 Å². The first-order chi connectivity index (χ1) is 14.5. The van der Waals surface area contributed by atoms with E-state index in [0.29, 0.717) is 23.7 Å². The Kier molecular flexibility index (Phi) is 6.61. The Bertz CT molecular complexity index is 797. The number of rotatable bonds is 5. The average molecular weight is 432 g/mol. The normalized spacial score (nSPS) is 21.2. The molecule has 1 aromatic rings. The molecule has 30 heavy (non-hydrogen) atoms. The van der Waals surface area contributed by atoms with Gasteiger partial charge in [0.2, 0.25) is 11.8 Å². The molecule has 2 aliphatic heterocycles. The van der Waals surface area contributed by atoms with E-state index in [1.165, 1.54) is 0 Å². The standard InChI is InChI=1S/C23H30ClN3O3/c24-19-7-3-2-6-18(19)21(28)25-20(23(30)26-12-4-1-5-13-26)16-10-14-27(15-11-16)22(29)17-8-9-17/h2-3,6-7,16-17,20H,1,4-5,8-15H2,(H,25,28). The average Bonchev–Trinajstić information content (AvgIpc) is 3.63. The molecule has 1 atom stereocenters. The summed E-state index contributed by atoms with van der Waals surface area (Å²) in [6.45, 7) is 2.81. The predicted molar refractivity (Wildman–Crippen MR) is 115 cm³/mol. The van der Waals surface area contributed by atoms with Crippen molar-refractivity contribution in [2.24, 2.45) is 11.8 Å². The van der Waals surface area contributed by atoms with Crippen LogP contribution < -0.4 is 5.32 Å². The van der Waals surface area contributed by atoms with Crippen LogP contribution in [0.15, 0.2) is 24.3 Å². The van der Waals surface area contributed by atoms with Gasteiger partial charge in [-0.05, 0) is 63.0 Å². The first-order valence-corrected chi connectivity index (χ1v) is 11.6. The van der Waals surface area contributed by atoms with Crippen LogP contribution in [0.4, 0.5) is 0 Å². The summed E-state index contributed by atoms with van der Waals surface area (Å²) >= 11 is 6.21. The summed E-state index contributed by atoms with van der Waals surface area (Å²) < 4.78 is 0. The maximum absolute atomic E-state index is 13.4. The van der Waals surface area contributed by atoms with E-state index < -0.39 is 6.04 Å². The van der Waals surface area contributed by atoms with Gasteiger partial charge in [-0.3, -0.25) is 14.4 Å². The monoisotopic (exact) mass is 431 g/mol. The third kappa shape index (κ3) is 4.80. The van der Waals surface area contributed by atoms with Crippen molar-refractivity contribution < 1.29 is 14.4 Å². The van der Waals surface area contributed by atoms with Crippen LogP contribution in [-0.4, -0.2) is 59.7 Å². The fraction of sp³-hybridized carbons (Fsp3) is 0.609. The summed E-state index contributed by atoms with van der Waals surface area (Å²) in [6.07, 6.45) is 6.61. The Morgan fingerprint density at radius 3 is 2.20 bits per heavy atom. The van der Waals surface area contributed by atoms with E-state index in [1.807, 2.05) is 9.80 Å². The maximum atomic E-state index is 13.4. The molecular weight excluding hydrogens is 402 g/mol. The molecule has 1 N–H and O–H groups in total. The van der Waals surface area contributed by atoms with Gasteiger partial charge >= 0.3 is 0 Å². The summed E-state index contributed by atoms with van der Waals surface area (Å²) in [4.78, 5) is 42.5. The second kappa shape index (κ2) is 9.38. The molecule has 0 radical (unpaired) electrons. The number of amides is 3. The fourth-order valence-electron chi connectivity index (χ4n) is 4.60. The minimum Gasteiger partial charge on any atom is -0.342 e. The van der Waals surface area contributed by atoms with Crippen molar-refractivity contribution in [1.82, 2.24) is 15.1 Å². The Labute approximate surface area is 182 Å². The second-order valence-electron chi connectivity index (χ2n) is 8.75. The molecule has 3 amide bonds. The summed E-state index contributed by atoms with van der Waals surface area (Å²) in [7, 11) is 0. The highest BCUT2D eigenvalue weighted by Gasteiger charge is 2.39. The fourth-order valence-corrected chi connectivity index (χ4v) is 4.82. The van der Waals surface area contributed by atoms with E-state index in [2.05, 4.69) is 5.32 Å². The summed E-state index contributed by atoms with van der Waals surface area (Å²) in [6, 6.07) is 6.33. The molecule has 2 saturated heterocycles. The molecule has 2 heterocycles. The number of carbonyl (C=O) groups is 3. The number of hydrogen-bond donors (Lipinski definition) is 1. The van der Waals surface area contributed by atoms with Crippen molar-refractivity contribution in [3.8, 4) is 0 Å². The molecule has 1 aliphatic carbocycles. The SMILES string of the molecule is O=C(NC(C(=O)N1CCCCC1)C1CCN(C(=O)C2CC2)CC1)c1ccccc1Cl. The topological polar surface area (TPSA) is 69.7 Å². The highest BCUT2D eigenvalue weighted by atomic mass is 35.5. The summed E-state index contributed by atoms with van der Waals surface area (Å²) in [5, 5.41) is 3.38. The molecule has 1 saturated carbocycles. The summed E-state index contributed by atoms with van der Waals surface area (Å²) in [5.74, 6) is 0.184. The largest absolute Gasteiger partial charge is 0.342 e. The van der Waals surface area contributed by atoms with E-state index in [9.17, 15) is 14.4 Å². The van der Waals surface area contributed by atoms with E-state index in [-0.39, 0.29) is 29.6 Å². The quantitative estimate of drug-likeness (QED) is 0.778. The van der Waals surface area contributed by atoms with Crippen LogP contribution in [0.1, 0.15) is 55.3 Å². The lowest BCUT2D eigenvalue weighted by Crippen LogP contribution is -2.55. The zero-order chi connectivity index (χ0) is 21.1. The van der Waals surface area contributed by atoms with Crippen LogP contribution in [0.2, 0.25) is 5.02 Å². The number of piperidine rings is 2. The first kappa shape index (κ1) is 21.2. The lowest BCUT2D eigenvalue weighted by Gasteiger charge is -2.38. The van der Waals surface area contributed by atoms with E-state index in [4.69, 9.17) is 11.6 Å². The number of hydrogen-bond acceptors (Lipinski definition) is 3. The number of likely N-dealkylation sites (tertiary alicyclic amines) is 2. The van der Waals surface area contributed by atoms with Crippen molar-refractivity contribution in [3.05, 3.63) is 34.9 Å². The van der Waals surface area contributed by atoms with Gasteiger partial charge in [0.25, 0.3) is 5.91 Å². The van der Waals surface area contributed by atoms with Crippen molar-refractivity contribution in [2.75, 3.05) is 26.2 Å². The van der Waals surface area contributed by atoms with Crippen molar-refractivity contribution >= 4 is 29.3 Å². The van der Waals surface area contributed by atoms with Crippen molar-refractivity contribution in [1.29, 1.82) is 0 Å². The second-order valence-corrected chi connectivity index (χ2v) is 9.16. The van der Waals surface area contributed by atoms with E-state index in [0.717, 1.165) is 58.0 Å². The third-order valence-electron chi connectivity index (χ3n) is 6.59. The molecule has 0 aromatic heterocycles. The maximum Gasteiger partial charge on any atom is 0.253 e. The Morgan fingerprint density at radius 2 is 1.57 bits per heavy atom. The van der Waals surface area contributed by atoms with Crippen molar-refractivity contribution in [2.45, 2.75) is 51.0 Å². The van der Waals surface area contributed by atoms with Crippen molar-refractivity contribution in [3.63, 3.8) is 0 Å². The molecule has 4 rings (SSSR count). The van der Waals surface area contributed by atoms with Gasteiger partial charge in [0.1, 0.15) is 6.04 Å². The Balaban J connectivity index is 1.47. The molecule has 3 aliphatic rings. The molecule has 0 bridgehead atoms. The Morgan fingerprint density at radius 1 is 0.900 bits per heavy atom. The van der Waals surface area contributed by atoms with Gasteiger partial charge in [-0.1, -0.05) is 23.7 Å². The molecule has 162 valence electrons. The minimum absolute atomic E-state index is 0.00192. The van der Waals surface area contributed by atoms with Crippen LogP contribution in [0.25, 0.3) is 0 Å². The van der Waals surface area contributed by atoms with Gasteiger partial charge < -0.3 is 15.1 Å². The molecule has 0 spiro atoms. The predicted octanol–water partition coefficient (Wildman–Crippen LogP) is 3.10. The van der Waals surface area contributed by atoms with Crippen LogP contribution in [0.5, 0.6) is 0 Å². The Hall–Kier alpha value is -2.08. The van der Waals surface area contributed by atoms with Gasteiger partial charge in [-0.2, -0.15) is 0 Å². The van der Waals surface area contributed by atoms with Crippen LogP contribution >= 0.6 is 11.6 Å². The van der Waals surface area contributed by atoms with Crippen LogP contribution in [0, 0.1) is 11.8 Å². The molecule has 1 unspecified atom stereocenters. The number of carbonyl (C=O) groups excluding carboxylic acids is 3. The van der Waals surface area contributed by atoms with Gasteiger partial charge in [-0.25, -0.2) is 0 Å². The number of nitrogens with zero attached hydrogens (tertiary/aromatic N) is 2. The number of nitrogens with one attached hydrogen (secondary N) is 1. The molecule has 6 nitrogen and oxygen atoms in total. The van der Waals surface area contributed by atoms with Gasteiger partial charge in [-0.15, -0.1) is 0 Å². The van der Waals surface area contributed by atoms with E-state index in [1.54, 1.807) is 24.3 Å². The molecule has 1 aromatic carbocycles. The van der Waals surface area contributed by atoms with Gasteiger partial charge in [0, 0.05) is 32.1 Å². The summed E-state index contributed by atoms with van der Waals surface area (Å²) in [5.41, 5.74) is 0.386. The number of benzene rings is 1. The first-order valence-electron chi connectivity index (χ1n) is 11.2. The molecular formula is C23H30ClN3O3. The van der Waals surface area contributed by atoms with Crippen LogP contribution in [-0.2, 0) is 9.59 Å². The van der Waals surface area contributed by atoms with Crippen LogP contribution in [0.3, 0.4) is 0 Å². The minimum atomic E-state index is -0.579. The highest BCUT2D eigenvalue weighted by molar-refractivity contribution is 6.33. The highest BCUT2D eigenvalue weighted by Crippen LogP contribution is 2.33. The lowest BCUT2D eigenvalue weighted by molar-refractivity contribution is -0.137. The smallest absolute Gasteiger partial charge is 0.253 e. The lowest BCUT2D eigenvalue weighted by atomic mass is 9.87. The van der Waals surface area contributed by atoms with E-state index >= 15 is 0 Å². The molecule has 7 heteroatoms. The third-order valence-corrected chi connectivity index (χ3v) is 6.92. The zero-order valence-corrected chi connectivity index (χ0v) is 18.1. The van der Waals surface area contributed by atoms with Gasteiger partial charge in [0.15, 0.2) is 0 Å². The number of halogens is 1. The zero-order valence-electron chi connectivity index (χ0n) is 17.3.